The van der Waals surface area contributed by atoms with Gasteiger partial charge in [-0.1, -0.05) is 42.5 Å². The van der Waals surface area contributed by atoms with Gasteiger partial charge in [-0.05, 0) is 59.9 Å². The zero-order valence-corrected chi connectivity index (χ0v) is 17.7. The van der Waals surface area contributed by atoms with Crippen LogP contribution in [0.2, 0.25) is 0 Å². The number of rotatable bonds is 4. The average Bonchev–Trinajstić information content (AvgIpc) is 3.28. The molecule has 1 saturated heterocycles. The monoisotopic (exact) mass is 415 g/mol. The maximum atomic E-state index is 12.9. The van der Waals surface area contributed by atoms with E-state index in [2.05, 4.69) is 48.5 Å². The highest BCUT2D eigenvalue weighted by molar-refractivity contribution is 8.00. The lowest BCUT2D eigenvalue weighted by molar-refractivity contribution is 0.0727. The van der Waals surface area contributed by atoms with E-state index in [9.17, 15) is 4.79 Å². The highest BCUT2D eigenvalue weighted by atomic mass is 32.2. The number of hydrogen-bond donors (Lipinski definition) is 0. The zero-order valence-electron chi connectivity index (χ0n) is 16.9. The fourth-order valence-electron chi connectivity index (χ4n) is 4.23. The van der Waals surface area contributed by atoms with Crippen LogP contribution < -0.4 is 4.74 Å². The van der Waals surface area contributed by atoms with Gasteiger partial charge in [-0.2, -0.15) is 0 Å². The minimum atomic E-state index is 0.153. The number of nitrogens with zero attached hydrogens (tertiary/aromatic N) is 1. The Balaban J connectivity index is 1.17. The first-order valence-corrected chi connectivity index (χ1v) is 11.5. The summed E-state index contributed by atoms with van der Waals surface area (Å²) in [5.41, 5.74) is 4.45. The van der Waals surface area contributed by atoms with Gasteiger partial charge in [-0.3, -0.25) is 4.79 Å². The van der Waals surface area contributed by atoms with Gasteiger partial charge < -0.3 is 9.64 Å². The number of piperidine rings is 1. The zero-order chi connectivity index (χ0) is 20.3. The van der Waals surface area contributed by atoms with E-state index in [1.165, 1.54) is 16.0 Å². The van der Waals surface area contributed by atoms with Gasteiger partial charge in [0, 0.05) is 35.2 Å². The first kappa shape index (κ1) is 19.3. The number of hydrogen-bond acceptors (Lipinski definition) is 3. The Labute approximate surface area is 182 Å². The molecule has 1 fully saturated rings. The van der Waals surface area contributed by atoms with Crippen molar-refractivity contribution in [1.29, 1.82) is 0 Å². The fourth-order valence-corrected chi connectivity index (χ4v) is 5.35. The summed E-state index contributed by atoms with van der Waals surface area (Å²) in [4.78, 5) is 16.2. The molecule has 2 aliphatic heterocycles. The van der Waals surface area contributed by atoms with Crippen molar-refractivity contribution in [2.24, 2.45) is 0 Å². The molecule has 0 N–H and O–H groups in total. The number of carbonyl (C=O) groups excluding carboxylic acids is 1. The molecule has 0 unspecified atom stereocenters. The van der Waals surface area contributed by atoms with Crippen LogP contribution in [0.1, 0.15) is 28.8 Å². The number of benzene rings is 3. The predicted molar refractivity (Wildman–Crippen MR) is 122 cm³/mol. The standard InChI is InChI=1S/C26H25NO2S/c28-26(22-8-11-25-21(18-22)14-17-29-25)27-15-12-24(13-16-27)30-23-9-6-20(7-10-23)19-4-2-1-3-5-19/h1-11,18,24H,12-17H2. The molecule has 2 heterocycles. The molecule has 3 nitrogen and oxygen atoms in total. The number of carbonyl (C=O) groups is 1. The van der Waals surface area contributed by atoms with E-state index in [0.717, 1.165) is 55.8 Å². The number of thioether (sulfide) groups is 1. The van der Waals surface area contributed by atoms with Gasteiger partial charge in [0.2, 0.25) is 0 Å². The van der Waals surface area contributed by atoms with Crippen LogP contribution in [0.25, 0.3) is 11.1 Å². The molecular formula is C26H25NO2S. The second-order valence-electron chi connectivity index (χ2n) is 7.92. The highest BCUT2D eigenvalue weighted by Crippen LogP contribution is 2.33. The lowest BCUT2D eigenvalue weighted by Gasteiger charge is -2.32. The van der Waals surface area contributed by atoms with Crippen LogP contribution in [0.4, 0.5) is 0 Å². The second-order valence-corrected chi connectivity index (χ2v) is 9.29. The second kappa shape index (κ2) is 8.57. The molecule has 2 aliphatic rings. The van der Waals surface area contributed by atoms with Crippen LogP contribution in [-0.4, -0.2) is 35.8 Å². The van der Waals surface area contributed by atoms with E-state index in [0.29, 0.717) is 5.25 Å². The molecule has 0 spiro atoms. The average molecular weight is 416 g/mol. The third-order valence-corrected chi connectivity index (χ3v) is 7.28. The summed E-state index contributed by atoms with van der Waals surface area (Å²) in [6, 6.07) is 25.2. The molecule has 0 radical (unpaired) electrons. The van der Waals surface area contributed by atoms with E-state index in [-0.39, 0.29) is 5.91 Å². The SMILES string of the molecule is O=C(c1ccc2c(c1)CCO2)N1CCC(Sc2ccc(-c3ccccc3)cc2)CC1. The molecule has 152 valence electrons. The largest absolute Gasteiger partial charge is 0.493 e. The molecule has 1 amide bonds. The number of fused-ring (bicyclic) bond motifs is 1. The molecule has 0 aromatic heterocycles. The smallest absolute Gasteiger partial charge is 0.253 e. The van der Waals surface area contributed by atoms with Gasteiger partial charge in [-0.15, -0.1) is 11.8 Å². The van der Waals surface area contributed by atoms with E-state index >= 15 is 0 Å². The predicted octanol–water partition coefficient (Wildman–Crippen LogP) is 5.69. The van der Waals surface area contributed by atoms with Crippen LogP contribution >= 0.6 is 11.8 Å². The van der Waals surface area contributed by atoms with Gasteiger partial charge in [0.15, 0.2) is 0 Å². The van der Waals surface area contributed by atoms with Gasteiger partial charge in [0.1, 0.15) is 5.75 Å². The van der Waals surface area contributed by atoms with E-state index in [1.54, 1.807) is 0 Å². The topological polar surface area (TPSA) is 29.5 Å². The first-order chi connectivity index (χ1) is 14.8. The number of ether oxygens (including phenoxy) is 1. The van der Waals surface area contributed by atoms with Crippen molar-refractivity contribution in [1.82, 2.24) is 4.90 Å². The minimum absolute atomic E-state index is 0.153. The van der Waals surface area contributed by atoms with Crippen LogP contribution in [0, 0.1) is 0 Å². The first-order valence-electron chi connectivity index (χ1n) is 10.6. The summed E-state index contributed by atoms with van der Waals surface area (Å²) in [7, 11) is 0. The molecule has 3 aromatic carbocycles. The Kier molecular flexibility index (Phi) is 5.50. The highest BCUT2D eigenvalue weighted by Gasteiger charge is 2.25. The molecule has 0 atom stereocenters. The van der Waals surface area contributed by atoms with E-state index in [1.807, 2.05) is 40.9 Å². The van der Waals surface area contributed by atoms with Crippen LogP contribution in [0.5, 0.6) is 5.75 Å². The summed E-state index contributed by atoms with van der Waals surface area (Å²) in [6.45, 7) is 2.38. The van der Waals surface area contributed by atoms with E-state index < -0.39 is 0 Å². The molecule has 0 saturated carbocycles. The Morgan fingerprint density at radius 2 is 1.63 bits per heavy atom. The quantitative estimate of drug-likeness (QED) is 0.549. The third-order valence-electron chi connectivity index (χ3n) is 5.93. The molecule has 3 aromatic rings. The van der Waals surface area contributed by atoms with Crippen molar-refractivity contribution >= 4 is 17.7 Å². The lowest BCUT2D eigenvalue weighted by atomic mass is 10.1. The van der Waals surface area contributed by atoms with Gasteiger partial charge >= 0.3 is 0 Å². The summed E-state index contributed by atoms with van der Waals surface area (Å²) < 4.78 is 5.55. The Morgan fingerprint density at radius 1 is 0.900 bits per heavy atom. The van der Waals surface area contributed by atoms with Crippen molar-refractivity contribution in [2.45, 2.75) is 29.4 Å². The Morgan fingerprint density at radius 3 is 2.40 bits per heavy atom. The van der Waals surface area contributed by atoms with Crippen molar-refractivity contribution in [3.8, 4) is 16.9 Å². The number of amides is 1. The van der Waals surface area contributed by atoms with Gasteiger partial charge in [-0.25, -0.2) is 0 Å². The van der Waals surface area contributed by atoms with Gasteiger partial charge in [0.25, 0.3) is 5.91 Å². The number of likely N-dealkylation sites (tertiary alicyclic amines) is 1. The molecule has 30 heavy (non-hydrogen) atoms. The Bertz CT molecular complexity index is 1020. The fraction of sp³-hybridized carbons (Fsp3) is 0.269. The third kappa shape index (κ3) is 4.10. The minimum Gasteiger partial charge on any atom is -0.493 e. The molecule has 5 rings (SSSR count). The van der Waals surface area contributed by atoms with Crippen molar-refractivity contribution < 1.29 is 9.53 Å². The van der Waals surface area contributed by atoms with Crippen LogP contribution in [0.15, 0.2) is 77.7 Å². The van der Waals surface area contributed by atoms with Crippen LogP contribution in [0.3, 0.4) is 0 Å². The molecule has 0 aliphatic carbocycles. The normalized spacial score (nSPS) is 16.2. The molecular weight excluding hydrogens is 390 g/mol. The van der Waals surface area contributed by atoms with Gasteiger partial charge in [0.05, 0.1) is 6.61 Å². The maximum absolute atomic E-state index is 12.9. The van der Waals surface area contributed by atoms with E-state index in [4.69, 9.17) is 4.74 Å². The summed E-state index contributed by atoms with van der Waals surface area (Å²) in [5, 5.41) is 0.560. The Hall–Kier alpha value is -2.72. The molecule has 0 bridgehead atoms. The maximum Gasteiger partial charge on any atom is 0.253 e. The van der Waals surface area contributed by atoms with Crippen molar-refractivity contribution in [3.63, 3.8) is 0 Å². The van der Waals surface area contributed by atoms with Crippen LogP contribution in [-0.2, 0) is 6.42 Å². The molecule has 4 heteroatoms. The lowest BCUT2D eigenvalue weighted by Crippen LogP contribution is -2.39. The van der Waals surface area contributed by atoms with Crippen molar-refractivity contribution in [2.75, 3.05) is 19.7 Å². The summed E-state index contributed by atoms with van der Waals surface area (Å²) in [6.07, 6.45) is 2.97. The van der Waals surface area contributed by atoms with Crippen molar-refractivity contribution in [3.05, 3.63) is 83.9 Å². The summed E-state index contributed by atoms with van der Waals surface area (Å²) in [5.74, 6) is 1.08. The summed E-state index contributed by atoms with van der Waals surface area (Å²) >= 11 is 1.94.